The number of rotatable bonds is 4. The topological polar surface area (TPSA) is 104 Å². The molecule has 10 heteroatoms. The van der Waals surface area contributed by atoms with E-state index in [1.165, 1.54) is 19.4 Å². The molecule has 0 radical (unpaired) electrons. The molecule has 3 aromatic heterocycles. The molecule has 0 saturated heterocycles. The molecule has 0 bridgehead atoms. The molecule has 0 fully saturated rings. The number of hydrogen-bond donors (Lipinski definition) is 1. The van der Waals surface area contributed by atoms with Crippen molar-refractivity contribution in [1.29, 1.82) is 0 Å². The predicted molar refractivity (Wildman–Crippen MR) is 80.0 cm³/mol. The standard InChI is InChI=1S/C11H10IN7O2/c1-18-11(20)19(17-16-18)9-5-13-4-8(12)7(9)6-21-10-2-3-14-15-10/h2-5H,6H2,1H3,(H,14,15)/i/hT. The van der Waals surface area contributed by atoms with Crippen molar-refractivity contribution < 1.29 is 6.15 Å². The zero-order valence-electron chi connectivity index (χ0n) is 11.8. The summed E-state index contributed by atoms with van der Waals surface area (Å²) >= 11 is 2.10. The summed E-state index contributed by atoms with van der Waals surface area (Å²) in [6.07, 6.45) is 4.65. The molecule has 3 aromatic rings. The monoisotopic (exact) mass is 401 g/mol. The van der Waals surface area contributed by atoms with Gasteiger partial charge in [-0.3, -0.25) is 10.1 Å². The van der Waals surface area contributed by atoms with Gasteiger partial charge in [-0.15, -0.1) is 5.10 Å². The van der Waals surface area contributed by atoms with E-state index in [0.29, 0.717) is 11.6 Å². The van der Waals surface area contributed by atoms with E-state index in [1.54, 1.807) is 12.3 Å². The van der Waals surface area contributed by atoms with Crippen molar-refractivity contribution in [3.8, 4) is 11.6 Å². The second-order valence-electron chi connectivity index (χ2n) is 4.07. The van der Waals surface area contributed by atoms with Gasteiger partial charge in [0.15, 0.2) is 1.41 Å². The fourth-order valence-corrected chi connectivity index (χ4v) is 2.28. The molecule has 3 heterocycles. The van der Waals surface area contributed by atoms with Crippen LogP contribution in [0.4, 0.5) is 0 Å². The van der Waals surface area contributed by atoms with Crippen LogP contribution in [0.5, 0.6) is 5.88 Å². The van der Waals surface area contributed by atoms with Gasteiger partial charge in [0.25, 0.3) is 0 Å². The molecule has 108 valence electrons. The number of aromatic amines is 1. The van der Waals surface area contributed by atoms with Crippen LogP contribution in [-0.2, 0) is 13.7 Å². The third-order valence-corrected chi connectivity index (χ3v) is 3.67. The Morgan fingerprint density at radius 2 is 2.33 bits per heavy atom. The lowest BCUT2D eigenvalue weighted by Crippen LogP contribution is -2.23. The summed E-state index contributed by atoms with van der Waals surface area (Å²) in [6, 6.07) is 1.58. The van der Waals surface area contributed by atoms with Crippen molar-refractivity contribution >= 4 is 22.6 Å². The number of nitrogens with one attached hydrogen (secondary N) is 1. The van der Waals surface area contributed by atoms with Gasteiger partial charge in [-0.2, -0.15) is 9.36 Å². The summed E-state index contributed by atoms with van der Waals surface area (Å²) in [5.41, 5.74) is 0.855. The van der Waals surface area contributed by atoms with E-state index < -0.39 is 0 Å². The zero-order chi connectivity index (χ0) is 15.7. The number of aryl methyl sites for hydroxylation is 1. The molecular formula is C11H10IN7O2. The van der Waals surface area contributed by atoms with Crippen LogP contribution in [-0.4, -0.2) is 35.0 Å². The van der Waals surface area contributed by atoms with Crippen molar-refractivity contribution in [2.24, 2.45) is 7.05 Å². The van der Waals surface area contributed by atoms with E-state index in [2.05, 4.69) is 43.1 Å². The first-order chi connectivity index (χ1) is 10.6. The SMILES string of the molecule is [3H]n1ccc(OCc2c(I)cncc2-n2nnn(C)c2=O)n1. The molecule has 21 heavy (non-hydrogen) atoms. The van der Waals surface area contributed by atoms with Gasteiger partial charge in [0.05, 0.1) is 11.9 Å². The van der Waals surface area contributed by atoms with Crippen LogP contribution in [0.2, 0.25) is 1.41 Å². The zero-order valence-corrected chi connectivity index (χ0v) is 13.0. The van der Waals surface area contributed by atoms with Crippen molar-refractivity contribution in [1.82, 2.24) is 35.0 Å². The van der Waals surface area contributed by atoms with Crippen LogP contribution in [0.3, 0.4) is 0 Å². The average Bonchev–Trinajstić information content (AvgIpc) is 3.05. The van der Waals surface area contributed by atoms with Crippen LogP contribution in [0.1, 0.15) is 5.56 Å². The Morgan fingerprint density at radius 1 is 1.48 bits per heavy atom. The fraction of sp³-hybridized carbons (Fsp3) is 0.182. The van der Waals surface area contributed by atoms with E-state index in [-0.39, 0.29) is 12.3 Å². The largest absolute Gasteiger partial charge is 0.472 e. The third kappa shape index (κ3) is 2.66. The lowest BCUT2D eigenvalue weighted by molar-refractivity contribution is 0.292. The van der Waals surface area contributed by atoms with Crippen LogP contribution in [0.15, 0.2) is 29.5 Å². The summed E-state index contributed by atoms with van der Waals surface area (Å²) in [7, 11) is 1.52. The molecule has 3 rings (SSSR count). The van der Waals surface area contributed by atoms with E-state index in [4.69, 9.17) is 6.15 Å². The second kappa shape index (κ2) is 5.63. The molecule has 0 aliphatic carbocycles. The molecule has 0 aromatic carbocycles. The number of H-pyrrole nitrogens is 1. The minimum Gasteiger partial charge on any atom is -0.472 e. The van der Waals surface area contributed by atoms with E-state index in [1.807, 2.05) is 0 Å². The molecule has 0 aliphatic heterocycles. The first-order valence-electron chi connectivity index (χ1n) is 6.30. The summed E-state index contributed by atoms with van der Waals surface area (Å²) in [4.78, 5) is 16.1. The highest BCUT2D eigenvalue weighted by molar-refractivity contribution is 14.1. The molecule has 0 atom stereocenters. The highest BCUT2D eigenvalue weighted by Gasteiger charge is 2.15. The Kier molecular flexibility index (Phi) is 3.35. The van der Waals surface area contributed by atoms with Crippen LogP contribution in [0.25, 0.3) is 5.69 Å². The van der Waals surface area contributed by atoms with Gasteiger partial charge < -0.3 is 4.74 Å². The molecular weight excluding hydrogens is 389 g/mol. The molecule has 0 saturated carbocycles. The normalized spacial score (nSPS) is 11.4. The average molecular weight is 401 g/mol. The van der Waals surface area contributed by atoms with Gasteiger partial charge in [-0.1, -0.05) is 0 Å². The Labute approximate surface area is 133 Å². The lowest BCUT2D eigenvalue weighted by Gasteiger charge is -2.09. The fourth-order valence-electron chi connectivity index (χ4n) is 1.69. The minimum absolute atomic E-state index is 0.163. The van der Waals surface area contributed by atoms with Crippen molar-refractivity contribution in [2.45, 2.75) is 6.61 Å². The number of halogens is 1. The van der Waals surface area contributed by atoms with E-state index in [0.717, 1.165) is 23.6 Å². The third-order valence-electron chi connectivity index (χ3n) is 2.74. The minimum atomic E-state index is -0.375. The molecule has 0 unspecified atom stereocenters. The highest BCUT2D eigenvalue weighted by Crippen LogP contribution is 2.19. The summed E-state index contributed by atoms with van der Waals surface area (Å²) in [5, 5.41) is 12.2. The Morgan fingerprint density at radius 3 is 3.00 bits per heavy atom. The van der Waals surface area contributed by atoms with Gasteiger partial charge in [0, 0.05) is 34.6 Å². The van der Waals surface area contributed by atoms with E-state index in [9.17, 15) is 4.79 Å². The summed E-state index contributed by atoms with van der Waals surface area (Å²) < 4.78 is 16.0. The number of tetrazole rings is 1. The van der Waals surface area contributed by atoms with Gasteiger partial charge in [-0.25, -0.2) is 4.79 Å². The predicted octanol–water partition coefficient (Wildman–Crippen LogP) is 0.268. The molecule has 0 spiro atoms. The Bertz CT molecular complexity index is 871. The van der Waals surface area contributed by atoms with Gasteiger partial charge in [0.2, 0.25) is 5.88 Å². The Hall–Kier alpha value is -2.24. The maximum Gasteiger partial charge on any atom is 0.368 e. The van der Waals surface area contributed by atoms with E-state index >= 15 is 0 Å². The van der Waals surface area contributed by atoms with Crippen LogP contribution < -0.4 is 10.4 Å². The smallest absolute Gasteiger partial charge is 0.368 e. The van der Waals surface area contributed by atoms with Gasteiger partial charge in [0.1, 0.15) is 6.61 Å². The summed E-state index contributed by atoms with van der Waals surface area (Å²) in [6.45, 7) is 0.163. The second-order valence-corrected chi connectivity index (χ2v) is 5.24. The van der Waals surface area contributed by atoms with Crippen molar-refractivity contribution in [3.05, 3.63) is 44.3 Å². The first-order valence-corrected chi connectivity index (χ1v) is 6.93. The maximum absolute atomic E-state index is 12.0. The van der Waals surface area contributed by atoms with Gasteiger partial charge >= 0.3 is 5.69 Å². The Balaban J connectivity index is 1.96. The molecule has 0 amide bonds. The van der Waals surface area contributed by atoms with Crippen LogP contribution in [0, 0.1) is 3.57 Å². The number of nitrogens with zero attached hydrogens (tertiary/aromatic N) is 6. The van der Waals surface area contributed by atoms with Crippen LogP contribution >= 0.6 is 22.6 Å². The van der Waals surface area contributed by atoms with Gasteiger partial charge in [-0.05, 0) is 33.0 Å². The maximum atomic E-state index is 12.0. The van der Waals surface area contributed by atoms with Crippen molar-refractivity contribution in [3.63, 3.8) is 0 Å². The number of hydrogen-bond acceptors (Lipinski definition) is 6. The first kappa shape index (κ1) is 12.5. The molecule has 0 aliphatic rings. The number of ether oxygens (including phenoxy) is 1. The highest BCUT2D eigenvalue weighted by atomic mass is 127. The summed E-state index contributed by atoms with van der Waals surface area (Å²) in [5.74, 6) is 0.319. The number of aromatic nitrogens is 7. The van der Waals surface area contributed by atoms with Crippen molar-refractivity contribution in [2.75, 3.05) is 0 Å². The molecule has 1 N–H and O–H groups in total. The lowest BCUT2D eigenvalue weighted by atomic mass is 10.2. The quantitative estimate of drug-likeness (QED) is 0.630. The number of pyridine rings is 1. The molecule has 9 nitrogen and oxygen atoms in total.